The number of aryl methyl sites for hydroxylation is 1. The van der Waals surface area contributed by atoms with Gasteiger partial charge in [0.1, 0.15) is 23.4 Å². The average molecular weight is 468 g/mol. The summed E-state index contributed by atoms with van der Waals surface area (Å²) in [7, 11) is 1.90. The van der Waals surface area contributed by atoms with E-state index in [9.17, 15) is 9.59 Å². The first-order valence-electron chi connectivity index (χ1n) is 10.5. The van der Waals surface area contributed by atoms with Gasteiger partial charge in [0.15, 0.2) is 5.16 Å². The van der Waals surface area contributed by atoms with E-state index >= 15 is 0 Å². The number of carbonyl (C=O) groups excluding carboxylic acids is 2. The van der Waals surface area contributed by atoms with Gasteiger partial charge < -0.3 is 24.4 Å². The van der Waals surface area contributed by atoms with Crippen molar-refractivity contribution in [1.82, 2.24) is 25.4 Å². The highest BCUT2D eigenvalue weighted by atomic mass is 32.2. The molecule has 0 radical (unpaired) electrons. The van der Waals surface area contributed by atoms with Gasteiger partial charge in [-0.25, -0.2) is 9.59 Å². The van der Waals surface area contributed by atoms with Crippen molar-refractivity contribution < 1.29 is 18.7 Å². The Morgan fingerprint density at radius 3 is 2.70 bits per heavy atom. The Morgan fingerprint density at radius 2 is 2.00 bits per heavy atom. The summed E-state index contributed by atoms with van der Waals surface area (Å²) < 4.78 is 12.9. The summed E-state index contributed by atoms with van der Waals surface area (Å²) in [5, 5.41) is 14.8. The molecule has 3 aromatic rings. The lowest BCUT2D eigenvalue weighted by Gasteiger charge is -2.27. The molecule has 0 spiro atoms. The predicted octanol–water partition coefficient (Wildman–Crippen LogP) is 3.27. The molecule has 0 fully saturated rings. The van der Waals surface area contributed by atoms with Crippen molar-refractivity contribution in [1.29, 1.82) is 0 Å². The zero-order valence-electron chi connectivity index (χ0n) is 18.6. The van der Waals surface area contributed by atoms with E-state index < -0.39 is 18.0 Å². The normalized spacial score (nSPS) is 15.8. The summed E-state index contributed by atoms with van der Waals surface area (Å²) in [5.74, 6) is 1.76. The molecule has 172 valence electrons. The van der Waals surface area contributed by atoms with Crippen molar-refractivity contribution in [2.24, 2.45) is 7.05 Å². The first-order valence-corrected chi connectivity index (χ1v) is 11.5. The summed E-state index contributed by atoms with van der Waals surface area (Å²) in [4.78, 5) is 25.2. The molecule has 1 aliphatic rings. The van der Waals surface area contributed by atoms with Crippen molar-refractivity contribution in [3.05, 3.63) is 76.6 Å². The maximum atomic E-state index is 12.8. The number of aromatic nitrogens is 3. The first kappa shape index (κ1) is 22.7. The number of nitrogens with one attached hydrogen (secondary N) is 2. The molecule has 2 amide bonds. The fourth-order valence-corrected chi connectivity index (χ4v) is 4.44. The van der Waals surface area contributed by atoms with Crippen LogP contribution in [0.2, 0.25) is 0 Å². The number of rotatable bonds is 8. The van der Waals surface area contributed by atoms with E-state index in [0.29, 0.717) is 40.1 Å². The zero-order valence-corrected chi connectivity index (χ0v) is 19.4. The van der Waals surface area contributed by atoms with Crippen molar-refractivity contribution in [2.75, 3.05) is 12.4 Å². The number of ether oxygens (including phenoxy) is 1. The summed E-state index contributed by atoms with van der Waals surface area (Å²) in [5.41, 5.74) is 1.90. The molecular formula is C23H25N5O4S. The zero-order chi connectivity index (χ0) is 23.4. The number of thioether (sulfide) groups is 1. The van der Waals surface area contributed by atoms with Crippen LogP contribution in [-0.2, 0) is 23.0 Å². The Morgan fingerprint density at radius 1 is 1.21 bits per heavy atom. The Bertz CT molecular complexity index is 1180. The van der Waals surface area contributed by atoms with Gasteiger partial charge in [-0.15, -0.1) is 10.2 Å². The lowest BCUT2D eigenvalue weighted by molar-refractivity contribution is -0.139. The molecule has 0 saturated heterocycles. The minimum Gasteiger partial charge on any atom is -0.464 e. The average Bonchev–Trinajstić information content (AvgIpc) is 3.38. The lowest BCUT2D eigenvalue weighted by atomic mass is 10.0. The number of esters is 1. The summed E-state index contributed by atoms with van der Waals surface area (Å²) in [6.07, 6.45) is 0.655. The van der Waals surface area contributed by atoms with Gasteiger partial charge in [0, 0.05) is 24.9 Å². The number of carbonyl (C=O) groups is 2. The van der Waals surface area contributed by atoms with Gasteiger partial charge in [-0.2, -0.15) is 0 Å². The topological polar surface area (TPSA) is 111 Å². The van der Waals surface area contributed by atoms with Gasteiger partial charge in [0.2, 0.25) is 0 Å². The quantitative estimate of drug-likeness (QED) is 0.386. The largest absolute Gasteiger partial charge is 0.464 e. The minimum atomic E-state index is -0.741. The van der Waals surface area contributed by atoms with E-state index in [2.05, 4.69) is 20.8 Å². The van der Waals surface area contributed by atoms with Gasteiger partial charge >= 0.3 is 12.0 Å². The van der Waals surface area contributed by atoms with Crippen molar-refractivity contribution in [3.8, 4) is 0 Å². The highest BCUT2D eigenvalue weighted by molar-refractivity contribution is 7.99. The number of benzene rings is 1. The number of hydrogen-bond donors (Lipinski definition) is 2. The Labute approximate surface area is 195 Å². The van der Waals surface area contributed by atoms with Crippen LogP contribution in [0.4, 0.5) is 4.79 Å². The van der Waals surface area contributed by atoms with Gasteiger partial charge in [-0.1, -0.05) is 42.1 Å². The van der Waals surface area contributed by atoms with Crippen LogP contribution in [0.5, 0.6) is 0 Å². The second-order valence-electron chi connectivity index (χ2n) is 7.50. The van der Waals surface area contributed by atoms with E-state index in [1.54, 1.807) is 26.0 Å². The second kappa shape index (κ2) is 9.95. The SMILES string of the molecule is CCOC(=O)C1=C(CSc2nnc(Cc3ccccc3)n2C)NC(=O)NC1c1ccc(C)o1. The van der Waals surface area contributed by atoms with Crippen molar-refractivity contribution in [2.45, 2.75) is 31.5 Å². The van der Waals surface area contributed by atoms with Crippen LogP contribution in [0.3, 0.4) is 0 Å². The fraction of sp³-hybridized carbons (Fsp3) is 0.304. The highest BCUT2D eigenvalue weighted by Crippen LogP contribution is 2.31. The monoisotopic (exact) mass is 467 g/mol. The molecule has 0 aliphatic carbocycles. The van der Waals surface area contributed by atoms with Crippen LogP contribution < -0.4 is 10.6 Å². The third-order valence-corrected chi connectivity index (χ3v) is 6.22. The highest BCUT2D eigenvalue weighted by Gasteiger charge is 2.35. The van der Waals surface area contributed by atoms with E-state index in [-0.39, 0.29) is 6.61 Å². The first-order chi connectivity index (χ1) is 16.0. The molecule has 1 aromatic carbocycles. The van der Waals surface area contributed by atoms with Crippen molar-refractivity contribution >= 4 is 23.8 Å². The summed E-state index contributed by atoms with van der Waals surface area (Å²) in [6, 6.07) is 12.4. The third kappa shape index (κ3) is 5.11. The summed E-state index contributed by atoms with van der Waals surface area (Å²) >= 11 is 1.38. The number of urea groups is 1. The number of furan rings is 1. The van der Waals surface area contributed by atoms with Crippen LogP contribution >= 0.6 is 11.8 Å². The molecule has 9 nitrogen and oxygen atoms in total. The molecule has 1 unspecified atom stereocenters. The Kier molecular flexibility index (Phi) is 6.83. The maximum Gasteiger partial charge on any atom is 0.338 e. The van der Waals surface area contributed by atoms with Gasteiger partial charge in [0.25, 0.3) is 0 Å². The molecule has 10 heteroatoms. The second-order valence-corrected chi connectivity index (χ2v) is 8.44. The van der Waals surface area contributed by atoms with Crippen LogP contribution in [-0.4, -0.2) is 39.1 Å². The van der Waals surface area contributed by atoms with Gasteiger partial charge in [-0.3, -0.25) is 0 Å². The molecule has 2 N–H and O–H groups in total. The van der Waals surface area contributed by atoms with E-state index in [1.807, 2.05) is 41.9 Å². The number of nitrogens with zero attached hydrogens (tertiary/aromatic N) is 3. The fourth-order valence-electron chi connectivity index (χ4n) is 3.54. The van der Waals surface area contributed by atoms with E-state index in [4.69, 9.17) is 9.15 Å². The number of amides is 2. The molecule has 0 saturated carbocycles. The van der Waals surface area contributed by atoms with E-state index in [0.717, 1.165) is 11.4 Å². The molecule has 4 rings (SSSR count). The molecule has 1 atom stereocenters. The van der Waals surface area contributed by atoms with Gasteiger partial charge in [0.05, 0.1) is 12.2 Å². The minimum absolute atomic E-state index is 0.215. The molecule has 2 aromatic heterocycles. The van der Waals surface area contributed by atoms with Crippen LogP contribution in [0, 0.1) is 6.92 Å². The molecule has 33 heavy (non-hydrogen) atoms. The predicted molar refractivity (Wildman–Crippen MR) is 122 cm³/mol. The van der Waals surface area contributed by atoms with Crippen LogP contribution in [0.15, 0.2) is 63.3 Å². The lowest BCUT2D eigenvalue weighted by Crippen LogP contribution is -2.46. The van der Waals surface area contributed by atoms with E-state index in [1.165, 1.54) is 11.8 Å². The smallest absolute Gasteiger partial charge is 0.338 e. The number of hydrogen-bond acceptors (Lipinski definition) is 7. The molecular weight excluding hydrogens is 442 g/mol. The third-order valence-electron chi connectivity index (χ3n) is 5.17. The Balaban J connectivity index is 1.59. The van der Waals surface area contributed by atoms with Crippen LogP contribution in [0.25, 0.3) is 0 Å². The Hall–Kier alpha value is -3.53. The maximum absolute atomic E-state index is 12.8. The molecule has 1 aliphatic heterocycles. The summed E-state index contributed by atoms with van der Waals surface area (Å²) in [6.45, 7) is 3.76. The standard InChI is InChI=1S/C23H25N5O4S/c1-4-31-21(29)19-16(24-22(30)25-20(19)17-11-10-14(2)32-17)13-33-23-27-26-18(28(23)3)12-15-8-6-5-7-9-15/h5-11,20H,4,12-13H2,1-3H3,(H2,24,25,30). The molecule has 3 heterocycles. The molecule has 0 bridgehead atoms. The van der Waals surface area contributed by atoms with Crippen molar-refractivity contribution in [3.63, 3.8) is 0 Å². The van der Waals surface area contributed by atoms with Crippen LogP contribution in [0.1, 0.15) is 35.9 Å². The van der Waals surface area contributed by atoms with Gasteiger partial charge in [-0.05, 0) is 31.5 Å².